The first-order chi connectivity index (χ1) is 14.2. The Morgan fingerprint density at radius 1 is 1.03 bits per heavy atom. The van der Waals surface area contributed by atoms with Crippen LogP contribution in [0, 0.1) is 0 Å². The average molecular weight is 412 g/mol. The normalized spacial score (nSPS) is 22.9. The number of fused-ring (bicyclic) bond motifs is 2. The maximum atomic E-state index is 12.2. The molecular weight excluding hydrogens is 382 g/mol. The lowest BCUT2D eigenvalue weighted by Crippen LogP contribution is -2.36. The van der Waals surface area contributed by atoms with E-state index in [1.54, 1.807) is 0 Å². The predicted molar refractivity (Wildman–Crippen MR) is 121 cm³/mol. The maximum absolute atomic E-state index is 12.2. The molecule has 0 saturated carbocycles. The third-order valence-corrected chi connectivity index (χ3v) is 7.38. The Balaban J connectivity index is 1.10. The Labute approximate surface area is 176 Å². The van der Waals surface area contributed by atoms with E-state index in [0.717, 1.165) is 43.7 Å². The first-order valence-electron chi connectivity index (χ1n) is 10.6. The largest absolute Gasteiger partial charge is 0.385 e. The molecule has 3 unspecified atom stereocenters. The molecule has 0 bridgehead atoms. The summed E-state index contributed by atoms with van der Waals surface area (Å²) in [5.74, 6) is 1.36. The molecule has 6 heteroatoms. The van der Waals surface area contributed by atoms with Crippen LogP contribution in [0.4, 0.5) is 10.5 Å². The SMILES string of the molecule is O=C(CCCCC1SCC2NC(=O)NC21)CCCNc1cccc2ccccc12. The molecule has 4 rings (SSSR count). The quantitative estimate of drug-likeness (QED) is 0.402. The Hall–Kier alpha value is -2.21. The molecule has 2 aliphatic heterocycles. The number of hydrogen-bond donors (Lipinski definition) is 3. The van der Waals surface area contributed by atoms with E-state index in [9.17, 15) is 9.59 Å². The van der Waals surface area contributed by atoms with Crippen LogP contribution in [0.3, 0.4) is 0 Å². The van der Waals surface area contributed by atoms with Crippen molar-refractivity contribution in [1.29, 1.82) is 0 Å². The van der Waals surface area contributed by atoms with Gasteiger partial charge in [-0.25, -0.2) is 4.79 Å². The Morgan fingerprint density at radius 3 is 2.79 bits per heavy atom. The molecule has 2 aromatic rings. The number of rotatable bonds is 10. The minimum Gasteiger partial charge on any atom is -0.385 e. The van der Waals surface area contributed by atoms with Gasteiger partial charge in [0.25, 0.3) is 0 Å². The Morgan fingerprint density at radius 2 is 1.86 bits per heavy atom. The molecular formula is C23H29N3O2S. The van der Waals surface area contributed by atoms with E-state index in [2.05, 4.69) is 58.4 Å². The van der Waals surface area contributed by atoms with E-state index >= 15 is 0 Å². The third-order valence-electron chi connectivity index (χ3n) is 5.87. The molecule has 2 saturated heterocycles. The van der Waals surface area contributed by atoms with Crippen LogP contribution in [0.15, 0.2) is 42.5 Å². The highest BCUT2D eigenvalue weighted by molar-refractivity contribution is 8.00. The van der Waals surface area contributed by atoms with Crippen LogP contribution >= 0.6 is 11.8 Å². The van der Waals surface area contributed by atoms with Crippen LogP contribution in [-0.4, -0.2) is 41.4 Å². The lowest BCUT2D eigenvalue weighted by molar-refractivity contribution is -0.119. The fraction of sp³-hybridized carbons (Fsp3) is 0.478. The van der Waals surface area contributed by atoms with Crippen molar-refractivity contribution in [2.24, 2.45) is 0 Å². The van der Waals surface area contributed by atoms with Crippen LogP contribution in [0.2, 0.25) is 0 Å². The van der Waals surface area contributed by atoms with Gasteiger partial charge in [0.15, 0.2) is 0 Å². The second kappa shape index (κ2) is 9.53. The molecule has 0 aliphatic carbocycles. The van der Waals surface area contributed by atoms with Gasteiger partial charge in [0, 0.05) is 41.5 Å². The smallest absolute Gasteiger partial charge is 0.315 e. The van der Waals surface area contributed by atoms with E-state index < -0.39 is 0 Å². The summed E-state index contributed by atoms with van der Waals surface area (Å²) in [4.78, 5) is 23.6. The number of nitrogens with one attached hydrogen (secondary N) is 3. The molecule has 154 valence electrons. The van der Waals surface area contributed by atoms with Crippen molar-refractivity contribution >= 4 is 40.0 Å². The molecule has 2 amide bonds. The van der Waals surface area contributed by atoms with Crippen LogP contribution in [-0.2, 0) is 4.79 Å². The van der Waals surface area contributed by atoms with Crippen molar-refractivity contribution in [2.45, 2.75) is 55.9 Å². The van der Waals surface area contributed by atoms with Gasteiger partial charge in [0.05, 0.1) is 12.1 Å². The summed E-state index contributed by atoms with van der Waals surface area (Å²) in [6.07, 6.45) is 5.25. The van der Waals surface area contributed by atoms with Gasteiger partial charge in [0.2, 0.25) is 0 Å². The minimum atomic E-state index is -0.0300. The van der Waals surface area contributed by atoms with Gasteiger partial charge in [-0.05, 0) is 30.7 Å². The number of anilines is 1. The predicted octanol–water partition coefficient (Wildman–Crippen LogP) is 4.33. The van der Waals surface area contributed by atoms with Crippen LogP contribution in [0.25, 0.3) is 10.8 Å². The Kier molecular flexibility index (Phi) is 6.60. The molecule has 2 aliphatic rings. The van der Waals surface area contributed by atoms with Crippen molar-refractivity contribution in [3.8, 4) is 0 Å². The van der Waals surface area contributed by atoms with Gasteiger partial charge in [-0.15, -0.1) is 0 Å². The number of unbranched alkanes of at least 4 members (excludes halogenated alkanes) is 1. The van der Waals surface area contributed by atoms with Crippen LogP contribution in [0.5, 0.6) is 0 Å². The number of carbonyl (C=O) groups excluding carboxylic acids is 2. The van der Waals surface area contributed by atoms with E-state index in [4.69, 9.17) is 0 Å². The van der Waals surface area contributed by atoms with E-state index in [-0.39, 0.29) is 18.1 Å². The second-order valence-electron chi connectivity index (χ2n) is 7.96. The molecule has 3 atom stereocenters. The van der Waals surface area contributed by atoms with Gasteiger partial charge in [0.1, 0.15) is 5.78 Å². The molecule has 0 aromatic heterocycles. The Bertz CT molecular complexity index is 867. The summed E-state index contributed by atoms with van der Waals surface area (Å²) in [5.41, 5.74) is 1.14. The summed E-state index contributed by atoms with van der Waals surface area (Å²) in [7, 11) is 0. The summed E-state index contributed by atoms with van der Waals surface area (Å²) < 4.78 is 0. The number of carbonyl (C=O) groups is 2. The first kappa shape index (κ1) is 20.1. The number of Topliss-reactive ketones (excluding diaryl/α,β-unsaturated/α-hetero) is 1. The molecule has 0 radical (unpaired) electrons. The number of ketones is 1. The van der Waals surface area contributed by atoms with Gasteiger partial charge < -0.3 is 16.0 Å². The number of benzene rings is 2. The fourth-order valence-electron chi connectivity index (χ4n) is 4.32. The third kappa shape index (κ3) is 5.04. The molecule has 29 heavy (non-hydrogen) atoms. The topological polar surface area (TPSA) is 70.2 Å². The minimum absolute atomic E-state index is 0.0300. The molecule has 2 aromatic carbocycles. The molecule has 2 fully saturated rings. The van der Waals surface area contributed by atoms with Crippen molar-refractivity contribution < 1.29 is 9.59 Å². The highest BCUT2D eigenvalue weighted by atomic mass is 32.2. The van der Waals surface area contributed by atoms with Gasteiger partial charge in [-0.3, -0.25) is 4.79 Å². The zero-order valence-electron chi connectivity index (χ0n) is 16.7. The summed E-state index contributed by atoms with van der Waals surface area (Å²) in [5, 5.41) is 12.4. The number of amides is 2. The fourth-order valence-corrected chi connectivity index (χ4v) is 5.87. The maximum Gasteiger partial charge on any atom is 0.315 e. The van der Waals surface area contributed by atoms with Crippen molar-refractivity contribution in [2.75, 3.05) is 17.6 Å². The zero-order valence-corrected chi connectivity index (χ0v) is 17.5. The van der Waals surface area contributed by atoms with Crippen molar-refractivity contribution in [3.63, 3.8) is 0 Å². The average Bonchev–Trinajstić information content (AvgIpc) is 3.28. The monoisotopic (exact) mass is 411 g/mol. The second-order valence-corrected chi connectivity index (χ2v) is 9.24. The standard InChI is InChI=1S/C23H29N3O2S/c27-17(9-2-4-13-21-22-20(15-29-21)25-23(28)26-22)10-6-14-24-19-12-5-8-16-7-1-3-11-18(16)19/h1,3,5,7-8,11-12,20-22,24H,2,4,6,9-10,13-15H2,(H2,25,26,28). The first-order valence-corrected chi connectivity index (χ1v) is 11.7. The van der Waals surface area contributed by atoms with Gasteiger partial charge in [-0.2, -0.15) is 11.8 Å². The van der Waals surface area contributed by atoms with Crippen molar-refractivity contribution in [3.05, 3.63) is 42.5 Å². The highest BCUT2D eigenvalue weighted by Crippen LogP contribution is 2.33. The summed E-state index contributed by atoms with van der Waals surface area (Å²) in [6.45, 7) is 0.814. The molecule has 0 spiro atoms. The molecule has 5 nitrogen and oxygen atoms in total. The number of urea groups is 1. The van der Waals surface area contributed by atoms with Crippen molar-refractivity contribution in [1.82, 2.24) is 10.6 Å². The van der Waals surface area contributed by atoms with E-state index in [0.29, 0.717) is 23.9 Å². The summed E-state index contributed by atoms with van der Waals surface area (Å²) in [6, 6.07) is 15.1. The highest BCUT2D eigenvalue weighted by Gasteiger charge is 2.42. The van der Waals surface area contributed by atoms with Gasteiger partial charge >= 0.3 is 6.03 Å². The van der Waals surface area contributed by atoms with E-state index in [1.165, 1.54) is 10.8 Å². The lowest BCUT2D eigenvalue weighted by Gasteiger charge is -2.16. The summed E-state index contributed by atoms with van der Waals surface area (Å²) >= 11 is 1.94. The molecule has 3 N–H and O–H groups in total. The van der Waals surface area contributed by atoms with Gasteiger partial charge in [-0.1, -0.05) is 42.8 Å². The van der Waals surface area contributed by atoms with Crippen LogP contribution < -0.4 is 16.0 Å². The number of hydrogen-bond acceptors (Lipinski definition) is 4. The van der Waals surface area contributed by atoms with E-state index in [1.807, 2.05) is 11.8 Å². The molecule has 2 heterocycles. The van der Waals surface area contributed by atoms with Crippen LogP contribution in [0.1, 0.15) is 38.5 Å². The lowest BCUT2D eigenvalue weighted by atomic mass is 10.0. The zero-order chi connectivity index (χ0) is 20.1. The number of thioether (sulfide) groups is 1.